The van der Waals surface area contributed by atoms with Crippen molar-refractivity contribution in [1.29, 1.82) is 0 Å². The maximum absolute atomic E-state index is 11.2. The van der Waals surface area contributed by atoms with Crippen molar-refractivity contribution in [3.05, 3.63) is 12.2 Å². The van der Waals surface area contributed by atoms with Gasteiger partial charge in [0, 0.05) is 18.3 Å². The lowest BCUT2D eigenvalue weighted by molar-refractivity contribution is -0.129. The van der Waals surface area contributed by atoms with E-state index in [1.807, 2.05) is 0 Å². The highest BCUT2D eigenvalue weighted by Gasteiger charge is 2.47. The quantitative estimate of drug-likeness (QED) is 0.434. The first kappa shape index (κ1) is 7.71. The van der Waals surface area contributed by atoms with Gasteiger partial charge in [0.2, 0.25) is 0 Å². The summed E-state index contributed by atoms with van der Waals surface area (Å²) < 4.78 is 0. The number of carbonyl (C=O) groups excluding carboxylic acids is 2. The van der Waals surface area contributed by atoms with Gasteiger partial charge >= 0.3 is 0 Å². The van der Waals surface area contributed by atoms with E-state index in [0.29, 0.717) is 18.8 Å². The molecule has 0 N–H and O–H groups in total. The van der Waals surface area contributed by atoms with Gasteiger partial charge in [-0.05, 0) is 18.8 Å². The minimum Gasteiger partial charge on any atom is -0.303 e. The van der Waals surface area contributed by atoms with Gasteiger partial charge in [-0.25, -0.2) is 0 Å². The molecule has 2 nitrogen and oxygen atoms in total. The van der Waals surface area contributed by atoms with E-state index in [0.717, 1.165) is 24.7 Å². The van der Waals surface area contributed by atoms with E-state index in [1.54, 1.807) is 0 Å². The Morgan fingerprint density at radius 3 is 2.92 bits per heavy atom. The van der Waals surface area contributed by atoms with Crippen LogP contribution in [0.5, 0.6) is 0 Å². The Morgan fingerprint density at radius 2 is 2.25 bits per heavy atom. The van der Waals surface area contributed by atoms with Crippen LogP contribution < -0.4 is 0 Å². The Labute approximate surface area is 71.6 Å². The fourth-order valence-corrected chi connectivity index (χ4v) is 2.53. The standard InChI is InChI=1S/C10H12O2/c1-7-3-10(6-11)4-8(7)2-9(12)5-10/h6,8H,1-5H2/t8-,10+/m1/s1. The van der Waals surface area contributed by atoms with Crippen LogP contribution in [0.3, 0.4) is 0 Å². The van der Waals surface area contributed by atoms with Gasteiger partial charge in [-0.3, -0.25) is 4.79 Å². The summed E-state index contributed by atoms with van der Waals surface area (Å²) in [6, 6.07) is 0. The molecule has 0 saturated heterocycles. The zero-order chi connectivity index (χ0) is 8.77. The van der Waals surface area contributed by atoms with Gasteiger partial charge < -0.3 is 4.79 Å². The maximum Gasteiger partial charge on any atom is 0.134 e. The van der Waals surface area contributed by atoms with E-state index in [9.17, 15) is 9.59 Å². The molecule has 0 aromatic heterocycles. The van der Waals surface area contributed by atoms with Gasteiger partial charge in [-0.15, -0.1) is 0 Å². The molecule has 0 amide bonds. The lowest BCUT2D eigenvalue weighted by Crippen LogP contribution is -2.27. The Balaban J connectivity index is 2.33. The van der Waals surface area contributed by atoms with Crippen LogP contribution in [0.1, 0.15) is 25.7 Å². The molecule has 2 bridgehead atoms. The molecule has 2 saturated carbocycles. The fraction of sp³-hybridized carbons (Fsp3) is 0.600. The third-order valence-corrected chi connectivity index (χ3v) is 3.08. The fourth-order valence-electron chi connectivity index (χ4n) is 2.53. The summed E-state index contributed by atoms with van der Waals surface area (Å²) in [6.45, 7) is 3.91. The van der Waals surface area contributed by atoms with Gasteiger partial charge in [-0.1, -0.05) is 12.2 Å². The third kappa shape index (κ3) is 0.942. The highest BCUT2D eigenvalue weighted by molar-refractivity contribution is 5.86. The molecule has 2 atom stereocenters. The number of fused-ring (bicyclic) bond motifs is 2. The minimum absolute atomic E-state index is 0.233. The summed E-state index contributed by atoms with van der Waals surface area (Å²) in [5, 5.41) is 0. The summed E-state index contributed by atoms with van der Waals surface area (Å²) in [7, 11) is 0. The monoisotopic (exact) mass is 164 g/mol. The van der Waals surface area contributed by atoms with Crippen LogP contribution in [0.2, 0.25) is 0 Å². The molecule has 0 radical (unpaired) electrons. The molecular weight excluding hydrogens is 152 g/mol. The first-order valence-electron chi connectivity index (χ1n) is 4.31. The summed E-state index contributed by atoms with van der Waals surface area (Å²) in [6.07, 6.45) is 3.64. The smallest absolute Gasteiger partial charge is 0.134 e. The van der Waals surface area contributed by atoms with Crippen molar-refractivity contribution in [2.24, 2.45) is 11.3 Å². The van der Waals surface area contributed by atoms with Crippen molar-refractivity contribution in [2.45, 2.75) is 25.7 Å². The maximum atomic E-state index is 11.2. The molecule has 0 unspecified atom stereocenters. The first-order valence-corrected chi connectivity index (χ1v) is 4.31. The van der Waals surface area contributed by atoms with Gasteiger partial charge in [0.15, 0.2) is 0 Å². The van der Waals surface area contributed by atoms with Crippen LogP contribution in [0.4, 0.5) is 0 Å². The average molecular weight is 164 g/mol. The second-order valence-electron chi connectivity index (χ2n) is 4.14. The van der Waals surface area contributed by atoms with Crippen molar-refractivity contribution in [3.63, 3.8) is 0 Å². The molecule has 0 aromatic carbocycles. The molecule has 0 aliphatic heterocycles. The summed E-state index contributed by atoms with van der Waals surface area (Å²) in [4.78, 5) is 22.1. The molecule has 2 heteroatoms. The molecule has 0 heterocycles. The highest BCUT2D eigenvalue weighted by Crippen LogP contribution is 2.51. The highest BCUT2D eigenvalue weighted by atomic mass is 16.1. The van der Waals surface area contributed by atoms with Crippen molar-refractivity contribution in [3.8, 4) is 0 Å². The molecule has 0 aromatic rings. The third-order valence-electron chi connectivity index (χ3n) is 3.08. The minimum atomic E-state index is -0.350. The number of rotatable bonds is 1. The van der Waals surface area contributed by atoms with Crippen molar-refractivity contribution < 1.29 is 9.59 Å². The topological polar surface area (TPSA) is 34.1 Å². The number of hydrogen-bond donors (Lipinski definition) is 0. The van der Waals surface area contributed by atoms with Gasteiger partial charge in [0.05, 0.1) is 0 Å². The molecule has 64 valence electrons. The molecule has 2 rings (SSSR count). The van der Waals surface area contributed by atoms with Gasteiger partial charge in [0.25, 0.3) is 0 Å². The van der Waals surface area contributed by atoms with Crippen LogP contribution in [-0.2, 0) is 9.59 Å². The predicted octanol–water partition coefficient (Wildman–Crippen LogP) is 1.50. The zero-order valence-electron chi connectivity index (χ0n) is 7.01. The van der Waals surface area contributed by atoms with Crippen molar-refractivity contribution in [1.82, 2.24) is 0 Å². The van der Waals surface area contributed by atoms with E-state index >= 15 is 0 Å². The molecule has 2 aliphatic rings. The van der Waals surface area contributed by atoms with Gasteiger partial charge in [-0.2, -0.15) is 0 Å². The average Bonchev–Trinajstić information content (AvgIpc) is 2.24. The van der Waals surface area contributed by atoms with E-state index in [1.165, 1.54) is 0 Å². The molecule has 2 fully saturated rings. The van der Waals surface area contributed by atoms with Crippen LogP contribution in [0.15, 0.2) is 12.2 Å². The van der Waals surface area contributed by atoms with E-state index < -0.39 is 0 Å². The number of aldehydes is 1. The molecule has 2 aliphatic carbocycles. The van der Waals surface area contributed by atoms with E-state index in [4.69, 9.17) is 0 Å². The Kier molecular flexibility index (Phi) is 1.47. The number of hydrogen-bond acceptors (Lipinski definition) is 2. The molecular formula is C10H12O2. The Bertz CT molecular complexity index is 263. The zero-order valence-corrected chi connectivity index (χ0v) is 7.01. The van der Waals surface area contributed by atoms with Crippen LogP contribution in [-0.4, -0.2) is 12.1 Å². The van der Waals surface area contributed by atoms with Crippen molar-refractivity contribution >= 4 is 12.1 Å². The van der Waals surface area contributed by atoms with Crippen molar-refractivity contribution in [2.75, 3.05) is 0 Å². The second kappa shape index (κ2) is 2.28. The lowest BCUT2D eigenvalue weighted by atomic mass is 9.76. The van der Waals surface area contributed by atoms with Crippen LogP contribution >= 0.6 is 0 Å². The summed E-state index contributed by atoms with van der Waals surface area (Å²) in [5.74, 6) is 0.536. The Morgan fingerprint density at radius 1 is 1.50 bits per heavy atom. The second-order valence-corrected chi connectivity index (χ2v) is 4.14. The summed E-state index contributed by atoms with van der Waals surface area (Å²) in [5.41, 5.74) is 0.754. The van der Waals surface area contributed by atoms with Crippen LogP contribution in [0, 0.1) is 11.3 Å². The molecule has 12 heavy (non-hydrogen) atoms. The number of allylic oxidation sites excluding steroid dienone is 1. The SMILES string of the molecule is C=C1C[C@@]2(C=O)CC(=O)C[C@@H]1C2. The number of ketones is 1. The summed E-state index contributed by atoms with van der Waals surface area (Å²) >= 11 is 0. The Hall–Kier alpha value is -0.920. The molecule has 0 spiro atoms. The van der Waals surface area contributed by atoms with Crippen LogP contribution in [0.25, 0.3) is 0 Å². The lowest BCUT2D eigenvalue weighted by Gasteiger charge is -2.25. The van der Waals surface area contributed by atoms with E-state index in [2.05, 4.69) is 6.58 Å². The first-order chi connectivity index (χ1) is 5.65. The number of Topliss-reactive ketones (excluding diaryl/α,β-unsaturated/α-hetero) is 1. The van der Waals surface area contributed by atoms with Gasteiger partial charge in [0.1, 0.15) is 12.1 Å². The largest absolute Gasteiger partial charge is 0.303 e. The van der Waals surface area contributed by atoms with E-state index in [-0.39, 0.29) is 11.2 Å². The number of carbonyl (C=O) groups is 2. The normalized spacial score (nSPS) is 40.2. The predicted molar refractivity (Wildman–Crippen MR) is 44.6 cm³/mol.